The molecule has 0 aromatic heterocycles. The summed E-state index contributed by atoms with van der Waals surface area (Å²) < 4.78 is 19.6. The van der Waals surface area contributed by atoms with E-state index in [9.17, 15) is 18.8 Å². The second-order valence-electron chi connectivity index (χ2n) is 5.18. The molecule has 1 aliphatic heterocycles. The summed E-state index contributed by atoms with van der Waals surface area (Å²) in [6, 6.07) is 1.15. The fraction of sp³-hybridized carbons (Fsp3) is 0.125. The van der Waals surface area contributed by atoms with Gasteiger partial charge in [-0.3, -0.25) is 14.4 Å². The number of carbonyl (C=O) groups excluding carboxylic acids is 2. The van der Waals surface area contributed by atoms with E-state index in [1.807, 2.05) is 0 Å². The maximum atomic E-state index is 13.9. The molecule has 23 heavy (non-hydrogen) atoms. The minimum absolute atomic E-state index is 0.0226. The maximum absolute atomic E-state index is 13.9. The zero-order valence-corrected chi connectivity index (χ0v) is 12.3. The maximum Gasteiger partial charge on any atom is 0.208 e. The highest BCUT2D eigenvalue weighted by molar-refractivity contribution is 5.99. The number of aryl methyl sites for hydroxylation is 1. The van der Waals surface area contributed by atoms with Crippen molar-refractivity contribution in [1.29, 1.82) is 0 Å². The van der Waals surface area contributed by atoms with Crippen molar-refractivity contribution >= 4 is 29.4 Å². The average molecular weight is 314 g/mol. The minimum Gasteiger partial charge on any atom is -0.452 e. The molecule has 0 saturated carbocycles. The Kier molecular flexibility index (Phi) is 3.21. The number of anilines is 1. The van der Waals surface area contributed by atoms with Gasteiger partial charge in [0.25, 0.3) is 0 Å². The van der Waals surface area contributed by atoms with E-state index in [0.717, 1.165) is 6.07 Å². The fourth-order valence-electron chi connectivity index (χ4n) is 2.53. The first-order chi connectivity index (χ1) is 10.9. The molecule has 1 aromatic carbocycles. The SMILES string of the molecule is Cc1c2oc3c(C)cc(F)c(C=O)c3nc-2c(C=O)c(N)c1=O. The van der Waals surface area contributed by atoms with Gasteiger partial charge in [-0.2, -0.15) is 0 Å². The minimum atomic E-state index is -0.746. The zero-order valence-electron chi connectivity index (χ0n) is 12.3. The van der Waals surface area contributed by atoms with Gasteiger partial charge in [0, 0.05) is 5.56 Å². The van der Waals surface area contributed by atoms with Crippen molar-refractivity contribution in [3.05, 3.63) is 44.4 Å². The standard InChI is InChI=1S/C16H11FN2O4/c1-6-3-10(17)8(4-20)12-15(6)23-16-7(2)14(22)11(18)9(5-21)13(16)19-12/h3-5H,18H2,1-2H3. The summed E-state index contributed by atoms with van der Waals surface area (Å²) in [7, 11) is 0. The van der Waals surface area contributed by atoms with Crippen LogP contribution in [0.3, 0.4) is 0 Å². The van der Waals surface area contributed by atoms with Gasteiger partial charge in [-0.05, 0) is 25.5 Å². The smallest absolute Gasteiger partial charge is 0.208 e. The van der Waals surface area contributed by atoms with E-state index in [4.69, 9.17) is 10.2 Å². The number of nitrogens with two attached hydrogens (primary N) is 1. The number of nitrogen functional groups attached to an aromatic ring is 1. The van der Waals surface area contributed by atoms with Crippen LogP contribution in [0.25, 0.3) is 22.6 Å². The summed E-state index contributed by atoms with van der Waals surface area (Å²) in [5, 5.41) is 0. The zero-order chi connectivity index (χ0) is 16.9. The lowest BCUT2D eigenvalue weighted by molar-refractivity contribution is 0.111. The molecule has 7 heteroatoms. The molecule has 1 aliphatic carbocycles. The first kappa shape index (κ1) is 14.8. The molecule has 0 atom stereocenters. The largest absolute Gasteiger partial charge is 0.452 e. The van der Waals surface area contributed by atoms with E-state index in [1.54, 1.807) is 6.92 Å². The van der Waals surface area contributed by atoms with Crippen LogP contribution in [0.4, 0.5) is 10.1 Å². The van der Waals surface area contributed by atoms with Crippen LogP contribution < -0.4 is 11.2 Å². The number of nitrogens with zero attached hydrogens (tertiary/aromatic N) is 1. The molecule has 6 nitrogen and oxygen atoms in total. The summed E-state index contributed by atoms with van der Waals surface area (Å²) >= 11 is 0. The van der Waals surface area contributed by atoms with Crippen LogP contribution >= 0.6 is 0 Å². The number of halogens is 1. The van der Waals surface area contributed by atoms with Crippen LogP contribution in [0, 0.1) is 19.7 Å². The monoisotopic (exact) mass is 314 g/mol. The van der Waals surface area contributed by atoms with Crippen molar-refractivity contribution in [1.82, 2.24) is 4.98 Å². The van der Waals surface area contributed by atoms with Crippen LogP contribution in [0.5, 0.6) is 0 Å². The molecule has 0 saturated heterocycles. The van der Waals surface area contributed by atoms with Crippen LogP contribution in [0.2, 0.25) is 0 Å². The van der Waals surface area contributed by atoms with Gasteiger partial charge < -0.3 is 10.2 Å². The van der Waals surface area contributed by atoms with Gasteiger partial charge in [0.2, 0.25) is 5.43 Å². The third kappa shape index (κ3) is 1.93. The van der Waals surface area contributed by atoms with Gasteiger partial charge in [-0.25, -0.2) is 9.37 Å². The van der Waals surface area contributed by atoms with Gasteiger partial charge in [0.05, 0.1) is 16.8 Å². The molecular formula is C16H11FN2O4. The van der Waals surface area contributed by atoms with Crippen molar-refractivity contribution in [3.8, 4) is 11.5 Å². The lowest BCUT2D eigenvalue weighted by atomic mass is 10.0. The predicted octanol–water partition coefficient (Wildman–Crippen LogP) is 2.26. The third-order valence-electron chi connectivity index (χ3n) is 3.78. The van der Waals surface area contributed by atoms with Crippen LogP contribution in [0.15, 0.2) is 15.3 Å². The van der Waals surface area contributed by atoms with E-state index < -0.39 is 11.2 Å². The molecule has 2 N–H and O–H groups in total. The van der Waals surface area contributed by atoms with Gasteiger partial charge in [0.1, 0.15) is 17.0 Å². The Hall–Kier alpha value is -3.09. The normalized spacial score (nSPS) is 11.1. The summed E-state index contributed by atoms with van der Waals surface area (Å²) in [6.07, 6.45) is 0.712. The molecule has 0 unspecified atom stereocenters. The Balaban J connectivity index is 2.66. The molecule has 0 bridgehead atoms. The fourth-order valence-corrected chi connectivity index (χ4v) is 2.53. The average Bonchev–Trinajstić information content (AvgIpc) is 2.53. The molecule has 0 fully saturated rings. The highest BCUT2D eigenvalue weighted by atomic mass is 19.1. The van der Waals surface area contributed by atoms with Gasteiger partial charge in [0.15, 0.2) is 23.9 Å². The van der Waals surface area contributed by atoms with Crippen molar-refractivity contribution in [2.75, 3.05) is 5.73 Å². The Labute approximate surface area is 129 Å². The summed E-state index contributed by atoms with van der Waals surface area (Å²) in [4.78, 5) is 38.7. The summed E-state index contributed by atoms with van der Waals surface area (Å²) in [6.45, 7) is 3.08. The predicted molar refractivity (Wildman–Crippen MR) is 81.5 cm³/mol. The van der Waals surface area contributed by atoms with Gasteiger partial charge in [-0.15, -0.1) is 0 Å². The molecule has 1 aromatic rings. The van der Waals surface area contributed by atoms with E-state index in [2.05, 4.69) is 4.98 Å². The molecule has 116 valence electrons. The Bertz CT molecular complexity index is 1020. The molecule has 2 aliphatic rings. The van der Waals surface area contributed by atoms with E-state index >= 15 is 0 Å². The highest BCUT2D eigenvalue weighted by Gasteiger charge is 2.25. The van der Waals surface area contributed by atoms with E-state index in [0.29, 0.717) is 18.1 Å². The molecule has 0 radical (unpaired) electrons. The molecule has 3 rings (SSSR count). The second kappa shape index (κ2) is 4.98. The van der Waals surface area contributed by atoms with Crippen LogP contribution in [-0.2, 0) is 0 Å². The number of carbonyl (C=O) groups is 2. The first-order valence-corrected chi connectivity index (χ1v) is 6.66. The summed E-state index contributed by atoms with van der Waals surface area (Å²) in [5.74, 6) is -0.657. The number of benzene rings is 2. The quantitative estimate of drug-likeness (QED) is 0.442. The van der Waals surface area contributed by atoms with Crippen LogP contribution in [0.1, 0.15) is 31.8 Å². The molecule has 0 spiro atoms. The topological polar surface area (TPSA) is 103 Å². The molecule has 0 amide bonds. The second-order valence-corrected chi connectivity index (χ2v) is 5.18. The number of hydrogen-bond donors (Lipinski definition) is 1. The number of fused-ring (bicyclic) bond motifs is 2. The lowest BCUT2D eigenvalue weighted by Gasteiger charge is -2.14. The van der Waals surface area contributed by atoms with Crippen molar-refractivity contribution in [2.24, 2.45) is 0 Å². The number of rotatable bonds is 2. The van der Waals surface area contributed by atoms with Crippen molar-refractivity contribution in [3.63, 3.8) is 0 Å². The van der Waals surface area contributed by atoms with Crippen molar-refractivity contribution in [2.45, 2.75) is 13.8 Å². The summed E-state index contributed by atoms with van der Waals surface area (Å²) in [5.41, 5.74) is 5.23. The number of aromatic nitrogens is 1. The number of hydrogen-bond acceptors (Lipinski definition) is 6. The van der Waals surface area contributed by atoms with E-state index in [-0.39, 0.29) is 44.9 Å². The molecule has 1 heterocycles. The first-order valence-electron chi connectivity index (χ1n) is 6.66. The number of aldehydes is 2. The van der Waals surface area contributed by atoms with Crippen LogP contribution in [-0.4, -0.2) is 17.6 Å². The van der Waals surface area contributed by atoms with Gasteiger partial charge >= 0.3 is 0 Å². The Morgan fingerprint density at radius 1 is 1.22 bits per heavy atom. The highest BCUT2D eigenvalue weighted by Crippen LogP contribution is 2.33. The lowest BCUT2D eigenvalue weighted by Crippen LogP contribution is -2.17. The Morgan fingerprint density at radius 2 is 1.87 bits per heavy atom. The van der Waals surface area contributed by atoms with E-state index in [1.165, 1.54) is 6.92 Å². The third-order valence-corrected chi connectivity index (χ3v) is 3.78. The van der Waals surface area contributed by atoms with Gasteiger partial charge in [-0.1, -0.05) is 0 Å². The Morgan fingerprint density at radius 3 is 2.48 bits per heavy atom. The van der Waals surface area contributed by atoms with Crippen molar-refractivity contribution < 1.29 is 18.4 Å². The molecular weight excluding hydrogens is 303 g/mol.